The maximum absolute atomic E-state index is 12.0. The average Bonchev–Trinajstić information content (AvgIpc) is 2.06. The fraction of sp³-hybridized carbons (Fsp3) is 0.923. The molecule has 0 saturated carbocycles. The molecule has 1 amide bonds. The first kappa shape index (κ1) is 13.3. The van der Waals surface area contributed by atoms with Gasteiger partial charge in [-0.25, -0.2) is 4.79 Å². The summed E-state index contributed by atoms with van der Waals surface area (Å²) in [5.74, 6) is 0. The van der Waals surface area contributed by atoms with E-state index in [-0.39, 0.29) is 17.6 Å². The number of likely N-dealkylation sites (tertiary alicyclic amines) is 1. The molecule has 1 aliphatic rings. The van der Waals surface area contributed by atoms with Crippen molar-refractivity contribution in [1.29, 1.82) is 0 Å². The minimum Gasteiger partial charge on any atom is -0.444 e. The third kappa shape index (κ3) is 3.13. The van der Waals surface area contributed by atoms with E-state index in [1.54, 1.807) is 0 Å². The summed E-state index contributed by atoms with van der Waals surface area (Å²) in [6.45, 7) is 13.1. The Morgan fingerprint density at radius 3 is 2.44 bits per heavy atom. The first-order chi connectivity index (χ1) is 7.13. The molecule has 0 spiro atoms. The lowest BCUT2D eigenvalue weighted by Crippen LogP contribution is -2.52. The Labute approximate surface area is 99.1 Å². The van der Waals surface area contributed by atoms with Crippen LogP contribution in [0.2, 0.25) is 0 Å². The third-order valence-electron chi connectivity index (χ3n) is 3.45. The van der Waals surface area contributed by atoms with Gasteiger partial charge in [0.15, 0.2) is 0 Å². The van der Waals surface area contributed by atoms with Crippen molar-refractivity contribution in [1.82, 2.24) is 4.90 Å². The second-order valence-electron chi connectivity index (χ2n) is 6.44. The van der Waals surface area contributed by atoms with Gasteiger partial charge in [-0.3, -0.25) is 0 Å². The quantitative estimate of drug-likeness (QED) is 0.634. The van der Waals surface area contributed by atoms with Crippen molar-refractivity contribution >= 4 is 6.09 Å². The largest absolute Gasteiger partial charge is 0.444 e. The molecule has 1 unspecified atom stereocenters. The number of piperidine rings is 1. The number of ether oxygens (including phenoxy) is 1. The average molecular weight is 227 g/mol. The van der Waals surface area contributed by atoms with Gasteiger partial charge in [-0.05, 0) is 46.0 Å². The molecule has 0 radical (unpaired) electrons. The Bertz CT molecular complexity index is 266. The summed E-state index contributed by atoms with van der Waals surface area (Å²) < 4.78 is 5.43. The smallest absolute Gasteiger partial charge is 0.410 e. The highest BCUT2D eigenvalue weighted by Crippen LogP contribution is 2.35. The molecule has 0 aliphatic carbocycles. The van der Waals surface area contributed by atoms with E-state index in [1.807, 2.05) is 25.7 Å². The minimum atomic E-state index is -0.404. The minimum absolute atomic E-state index is 0.173. The Balaban J connectivity index is 2.69. The predicted octanol–water partition coefficient (Wildman–Crippen LogP) is 3.43. The van der Waals surface area contributed by atoms with Gasteiger partial charge in [0.1, 0.15) is 5.60 Å². The van der Waals surface area contributed by atoms with Gasteiger partial charge in [0.25, 0.3) is 0 Å². The van der Waals surface area contributed by atoms with Crippen LogP contribution < -0.4 is 0 Å². The van der Waals surface area contributed by atoms with E-state index in [2.05, 4.69) is 20.8 Å². The van der Waals surface area contributed by atoms with Crippen molar-refractivity contribution in [3.05, 3.63) is 0 Å². The van der Waals surface area contributed by atoms with E-state index in [0.717, 1.165) is 13.0 Å². The molecule has 0 aromatic heterocycles. The first-order valence-corrected chi connectivity index (χ1v) is 6.13. The summed E-state index contributed by atoms with van der Waals surface area (Å²) >= 11 is 0. The summed E-state index contributed by atoms with van der Waals surface area (Å²) in [5.41, 5.74) is -0.215. The van der Waals surface area contributed by atoms with Gasteiger partial charge in [-0.1, -0.05) is 13.8 Å². The van der Waals surface area contributed by atoms with Crippen LogP contribution in [0.15, 0.2) is 0 Å². The Hall–Kier alpha value is -0.730. The van der Waals surface area contributed by atoms with Crippen LogP contribution >= 0.6 is 0 Å². The molecule has 1 aliphatic heterocycles. The molecule has 1 saturated heterocycles. The van der Waals surface area contributed by atoms with E-state index < -0.39 is 5.60 Å². The van der Waals surface area contributed by atoms with Crippen molar-refractivity contribution in [3.8, 4) is 0 Å². The van der Waals surface area contributed by atoms with Gasteiger partial charge in [0.2, 0.25) is 0 Å². The normalized spacial score (nSPS) is 25.4. The molecule has 3 heteroatoms. The van der Waals surface area contributed by atoms with Gasteiger partial charge in [0, 0.05) is 12.6 Å². The van der Waals surface area contributed by atoms with Gasteiger partial charge in [-0.2, -0.15) is 0 Å². The van der Waals surface area contributed by atoms with Crippen molar-refractivity contribution in [2.45, 2.75) is 66.0 Å². The van der Waals surface area contributed by atoms with E-state index in [4.69, 9.17) is 4.74 Å². The molecular weight excluding hydrogens is 202 g/mol. The standard InChI is InChI=1S/C13H25NO2/c1-10-13(5,6)8-7-9-14(10)11(15)16-12(2,3)4/h10H,7-9H2,1-6H3. The topological polar surface area (TPSA) is 29.5 Å². The highest BCUT2D eigenvalue weighted by atomic mass is 16.6. The lowest BCUT2D eigenvalue weighted by Gasteiger charge is -2.44. The van der Waals surface area contributed by atoms with E-state index in [9.17, 15) is 4.79 Å². The molecule has 0 aromatic carbocycles. The number of amides is 1. The number of carbonyl (C=O) groups is 1. The summed E-state index contributed by atoms with van der Waals surface area (Å²) in [6, 6.07) is 0.246. The van der Waals surface area contributed by atoms with Crippen LogP contribution in [0.4, 0.5) is 4.79 Å². The zero-order valence-corrected chi connectivity index (χ0v) is 11.5. The molecule has 1 fully saturated rings. The molecule has 0 N–H and O–H groups in total. The van der Waals surface area contributed by atoms with E-state index >= 15 is 0 Å². The van der Waals surface area contributed by atoms with Crippen LogP contribution in [0.1, 0.15) is 54.4 Å². The van der Waals surface area contributed by atoms with E-state index in [0.29, 0.717) is 0 Å². The zero-order valence-electron chi connectivity index (χ0n) is 11.5. The molecule has 1 rings (SSSR count). The fourth-order valence-corrected chi connectivity index (χ4v) is 2.10. The van der Waals surface area contributed by atoms with Crippen LogP contribution in [0.3, 0.4) is 0 Å². The molecule has 1 atom stereocenters. The highest BCUT2D eigenvalue weighted by Gasteiger charge is 2.38. The molecule has 0 bridgehead atoms. The number of hydrogen-bond acceptors (Lipinski definition) is 2. The fourth-order valence-electron chi connectivity index (χ4n) is 2.10. The molecule has 94 valence electrons. The maximum atomic E-state index is 12.0. The highest BCUT2D eigenvalue weighted by molar-refractivity contribution is 5.68. The molecule has 16 heavy (non-hydrogen) atoms. The Morgan fingerprint density at radius 2 is 1.94 bits per heavy atom. The van der Waals surface area contributed by atoms with Crippen molar-refractivity contribution in [2.24, 2.45) is 5.41 Å². The van der Waals surface area contributed by atoms with Crippen molar-refractivity contribution < 1.29 is 9.53 Å². The molecule has 1 heterocycles. The SMILES string of the molecule is CC1N(C(=O)OC(C)(C)C)CCCC1(C)C. The Kier molecular flexibility index (Phi) is 3.56. The zero-order chi connectivity index (χ0) is 12.6. The van der Waals surface area contributed by atoms with Crippen LogP contribution in [0.5, 0.6) is 0 Å². The second-order valence-corrected chi connectivity index (χ2v) is 6.44. The first-order valence-electron chi connectivity index (χ1n) is 6.13. The summed E-state index contributed by atoms with van der Waals surface area (Å²) in [7, 11) is 0. The van der Waals surface area contributed by atoms with Crippen molar-refractivity contribution in [2.75, 3.05) is 6.54 Å². The van der Waals surface area contributed by atoms with Gasteiger partial charge in [-0.15, -0.1) is 0 Å². The van der Waals surface area contributed by atoms with Crippen LogP contribution in [-0.4, -0.2) is 29.2 Å². The number of rotatable bonds is 0. The molecule has 0 aromatic rings. The van der Waals surface area contributed by atoms with Crippen LogP contribution in [0.25, 0.3) is 0 Å². The number of carbonyl (C=O) groups excluding carboxylic acids is 1. The monoisotopic (exact) mass is 227 g/mol. The summed E-state index contributed by atoms with van der Waals surface area (Å²) in [4.78, 5) is 13.9. The molecule has 3 nitrogen and oxygen atoms in total. The second kappa shape index (κ2) is 4.27. The third-order valence-corrected chi connectivity index (χ3v) is 3.45. The summed E-state index contributed by atoms with van der Waals surface area (Å²) in [6.07, 6.45) is 2.07. The van der Waals surface area contributed by atoms with Crippen LogP contribution in [0, 0.1) is 5.41 Å². The van der Waals surface area contributed by atoms with Gasteiger partial charge >= 0.3 is 6.09 Å². The Morgan fingerprint density at radius 1 is 1.38 bits per heavy atom. The van der Waals surface area contributed by atoms with Gasteiger partial charge < -0.3 is 9.64 Å². The van der Waals surface area contributed by atoms with Crippen molar-refractivity contribution in [3.63, 3.8) is 0 Å². The lowest BCUT2D eigenvalue weighted by molar-refractivity contribution is -0.0109. The maximum Gasteiger partial charge on any atom is 0.410 e. The van der Waals surface area contributed by atoms with Gasteiger partial charge in [0.05, 0.1) is 0 Å². The lowest BCUT2D eigenvalue weighted by atomic mass is 9.77. The summed E-state index contributed by atoms with van der Waals surface area (Å²) in [5, 5.41) is 0. The predicted molar refractivity (Wildman–Crippen MR) is 65.4 cm³/mol. The van der Waals surface area contributed by atoms with Crippen LogP contribution in [-0.2, 0) is 4.74 Å². The number of nitrogens with zero attached hydrogens (tertiary/aromatic N) is 1. The van der Waals surface area contributed by atoms with E-state index in [1.165, 1.54) is 6.42 Å². The molecular formula is C13H25NO2. The number of hydrogen-bond donors (Lipinski definition) is 0.